The predicted octanol–water partition coefficient (Wildman–Crippen LogP) is 4.07. The van der Waals surface area contributed by atoms with Crippen LogP contribution in [0.25, 0.3) is 0 Å². The van der Waals surface area contributed by atoms with E-state index in [1.807, 2.05) is 31.2 Å². The molecule has 0 aliphatic heterocycles. The summed E-state index contributed by atoms with van der Waals surface area (Å²) in [6.07, 6.45) is -0.314. The summed E-state index contributed by atoms with van der Waals surface area (Å²) in [5.41, 5.74) is 1.98. The lowest BCUT2D eigenvalue weighted by molar-refractivity contribution is -0.384. The molecule has 0 bridgehead atoms. The summed E-state index contributed by atoms with van der Waals surface area (Å²) < 4.78 is 5.55. The first-order valence-electron chi connectivity index (χ1n) is 6.55. The summed E-state index contributed by atoms with van der Waals surface area (Å²) >= 11 is 5.96. The van der Waals surface area contributed by atoms with Crippen LogP contribution in [0, 0.1) is 28.4 Å². The SMILES string of the molecule is Cc1ccc(C[C@H](C#N)Oc2ccc([N+](=O)[O-])cc2Cl)cc1. The lowest BCUT2D eigenvalue weighted by Gasteiger charge is -2.13. The van der Waals surface area contributed by atoms with Crippen molar-refractivity contribution >= 4 is 17.3 Å². The number of non-ortho nitro benzene ring substituents is 1. The molecule has 0 heterocycles. The molecule has 0 saturated carbocycles. The first-order valence-corrected chi connectivity index (χ1v) is 6.93. The average molecular weight is 317 g/mol. The number of hydrogen-bond acceptors (Lipinski definition) is 4. The molecular formula is C16H13ClN2O3. The van der Waals surface area contributed by atoms with Gasteiger partial charge in [0, 0.05) is 18.6 Å². The minimum atomic E-state index is -0.721. The average Bonchev–Trinajstić information content (AvgIpc) is 2.50. The van der Waals surface area contributed by atoms with E-state index in [-0.39, 0.29) is 16.5 Å². The first kappa shape index (κ1) is 15.8. The van der Waals surface area contributed by atoms with Gasteiger partial charge in [0.25, 0.3) is 5.69 Å². The van der Waals surface area contributed by atoms with E-state index in [1.165, 1.54) is 18.2 Å². The molecule has 0 fully saturated rings. The molecule has 0 aliphatic carbocycles. The van der Waals surface area contributed by atoms with Gasteiger partial charge in [0.05, 0.1) is 9.95 Å². The molecule has 0 aromatic heterocycles. The van der Waals surface area contributed by atoms with Crippen LogP contribution in [0.4, 0.5) is 5.69 Å². The molecule has 0 amide bonds. The van der Waals surface area contributed by atoms with E-state index in [4.69, 9.17) is 16.3 Å². The Kier molecular flexibility index (Phi) is 4.97. The summed E-state index contributed by atoms with van der Waals surface area (Å²) in [4.78, 5) is 10.1. The van der Waals surface area contributed by atoms with Crippen LogP contribution in [0.1, 0.15) is 11.1 Å². The molecule has 0 radical (unpaired) electrons. The van der Waals surface area contributed by atoms with E-state index in [0.717, 1.165) is 11.1 Å². The number of rotatable bonds is 5. The van der Waals surface area contributed by atoms with Crippen molar-refractivity contribution in [2.45, 2.75) is 19.4 Å². The molecular weight excluding hydrogens is 304 g/mol. The van der Waals surface area contributed by atoms with Crippen LogP contribution in [-0.4, -0.2) is 11.0 Å². The fraction of sp³-hybridized carbons (Fsp3) is 0.188. The molecule has 0 N–H and O–H groups in total. The Bertz CT molecular complexity index is 723. The zero-order valence-electron chi connectivity index (χ0n) is 11.8. The van der Waals surface area contributed by atoms with Crippen molar-refractivity contribution in [2.24, 2.45) is 0 Å². The van der Waals surface area contributed by atoms with Gasteiger partial charge in [-0.05, 0) is 18.6 Å². The zero-order chi connectivity index (χ0) is 16.1. The minimum Gasteiger partial charge on any atom is -0.474 e. The number of nitriles is 1. The molecule has 0 unspecified atom stereocenters. The predicted molar refractivity (Wildman–Crippen MR) is 83.0 cm³/mol. The van der Waals surface area contributed by atoms with Crippen molar-refractivity contribution in [3.63, 3.8) is 0 Å². The Morgan fingerprint density at radius 2 is 2.00 bits per heavy atom. The third-order valence-electron chi connectivity index (χ3n) is 3.08. The third kappa shape index (κ3) is 3.96. The second-order valence-corrected chi connectivity index (χ2v) is 5.20. The van der Waals surface area contributed by atoms with E-state index >= 15 is 0 Å². The molecule has 2 rings (SSSR count). The summed E-state index contributed by atoms with van der Waals surface area (Å²) in [5, 5.41) is 20.0. The Balaban J connectivity index is 2.12. The largest absolute Gasteiger partial charge is 0.474 e. The van der Waals surface area contributed by atoms with Gasteiger partial charge in [-0.1, -0.05) is 41.4 Å². The van der Waals surface area contributed by atoms with Gasteiger partial charge in [0.1, 0.15) is 11.8 Å². The maximum Gasteiger partial charge on any atom is 0.271 e. The normalized spacial score (nSPS) is 11.5. The number of aryl methyl sites for hydroxylation is 1. The van der Waals surface area contributed by atoms with Crippen molar-refractivity contribution in [1.82, 2.24) is 0 Å². The smallest absolute Gasteiger partial charge is 0.271 e. The Hall–Kier alpha value is -2.58. The van der Waals surface area contributed by atoms with E-state index in [2.05, 4.69) is 6.07 Å². The number of halogens is 1. The second kappa shape index (κ2) is 6.92. The number of nitro groups is 1. The van der Waals surface area contributed by atoms with Gasteiger partial charge in [-0.2, -0.15) is 5.26 Å². The number of hydrogen-bond donors (Lipinski definition) is 0. The first-order chi connectivity index (χ1) is 10.5. The van der Waals surface area contributed by atoms with Crippen LogP contribution in [-0.2, 0) is 6.42 Å². The van der Waals surface area contributed by atoms with Crippen molar-refractivity contribution in [3.8, 4) is 11.8 Å². The van der Waals surface area contributed by atoms with E-state index in [9.17, 15) is 15.4 Å². The molecule has 5 nitrogen and oxygen atoms in total. The van der Waals surface area contributed by atoms with Gasteiger partial charge < -0.3 is 4.74 Å². The minimum absolute atomic E-state index is 0.110. The van der Waals surface area contributed by atoms with Gasteiger partial charge in [-0.15, -0.1) is 0 Å². The maximum atomic E-state index is 10.7. The highest BCUT2D eigenvalue weighted by molar-refractivity contribution is 6.32. The Labute approximate surface area is 132 Å². The number of benzene rings is 2. The van der Waals surface area contributed by atoms with E-state index in [1.54, 1.807) is 0 Å². The number of nitrogens with zero attached hydrogens (tertiary/aromatic N) is 2. The Morgan fingerprint density at radius 3 is 2.55 bits per heavy atom. The lowest BCUT2D eigenvalue weighted by atomic mass is 10.1. The number of ether oxygens (including phenoxy) is 1. The van der Waals surface area contributed by atoms with E-state index < -0.39 is 11.0 Å². The molecule has 0 spiro atoms. The summed E-state index contributed by atoms with van der Waals surface area (Å²) in [5.74, 6) is 0.255. The Morgan fingerprint density at radius 1 is 1.32 bits per heavy atom. The van der Waals surface area contributed by atoms with Crippen molar-refractivity contribution < 1.29 is 9.66 Å². The summed E-state index contributed by atoms with van der Waals surface area (Å²) in [6.45, 7) is 1.98. The quantitative estimate of drug-likeness (QED) is 0.615. The van der Waals surface area contributed by atoms with Gasteiger partial charge in [0.2, 0.25) is 0 Å². The van der Waals surface area contributed by atoms with Crippen LogP contribution >= 0.6 is 11.6 Å². The van der Waals surface area contributed by atoms with Gasteiger partial charge in [0.15, 0.2) is 6.10 Å². The van der Waals surface area contributed by atoms with Crippen LogP contribution in [0.15, 0.2) is 42.5 Å². The zero-order valence-corrected chi connectivity index (χ0v) is 12.6. The third-order valence-corrected chi connectivity index (χ3v) is 3.38. The molecule has 6 heteroatoms. The van der Waals surface area contributed by atoms with Crippen LogP contribution in [0.2, 0.25) is 5.02 Å². The van der Waals surface area contributed by atoms with Gasteiger partial charge in [-0.3, -0.25) is 10.1 Å². The fourth-order valence-electron chi connectivity index (χ4n) is 1.90. The monoisotopic (exact) mass is 316 g/mol. The topological polar surface area (TPSA) is 76.2 Å². The van der Waals surface area contributed by atoms with Gasteiger partial charge in [-0.25, -0.2) is 0 Å². The van der Waals surface area contributed by atoms with Crippen molar-refractivity contribution in [1.29, 1.82) is 5.26 Å². The lowest BCUT2D eigenvalue weighted by Crippen LogP contribution is -2.17. The highest BCUT2D eigenvalue weighted by Crippen LogP contribution is 2.29. The standard InChI is InChI=1S/C16H13ClN2O3/c1-11-2-4-12(5-3-11)8-14(10-18)22-16-7-6-13(19(20)21)9-15(16)17/h2-7,9,14H,8H2,1H3/t14-/m1/s1. The molecule has 1 atom stereocenters. The summed E-state index contributed by atoms with van der Waals surface area (Å²) in [6, 6.07) is 13.7. The number of nitro benzene ring substituents is 1. The fourth-order valence-corrected chi connectivity index (χ4v) is 2.12. The second-order valence-electron chi connectivity index (χ2n) is 4.80. The summed E-state index contributed by atoms with van der Waals surface area (Å²) in [7, 11) is 0. The highest BCUT2D eigenvalue weighted by Gasteiger charge is 2.15. The van der Waals surface area contributed by atoms with E-state index in [0.29, 0.717) is 6.42 Å². The maximum absolute atomic E-state index is 10.7. The van der Waals surface area contributed by atoms with Crippen molar-refractivity contribution in [2.75, 3.05) is 0 Å². The molecule has 112 valence electrons. The molecule has 0 aliphatic rings. The van der Waals surface area contributed by atoms with Crippen molar-refractivity contribution in [3.05, 3.63) is 68.7 Å². The molecule has 0 saturated heterocycles. The van der Waals surface area contributed by atoms with Crippen LogP contribution < -0.4 is 4.74 Å². The van der Waals surface area contributed by atoms with Crippen LogP contribution in [0.5, 0.6) is 5.75 Å². The molecule has 2 aromatic carbocycles. The highest BCUT2D eigenvalue weighted by atomic mass is 35.5. The van der Waals surface area contributed by atoms with Gasteiger partial charge >= 0.3 is 0 Å². The van der Waals surface area contributed by atoms with Crippen LogP contribution in [0.3, 0.4) is 0 Å². The molecule has 2 aromatic rings. The molecule has 22 heavy (non-hydrogen) atoms.